The van der Waals surface area contributed by atoms with E-state index < -0.39 is 0 Å². The Kier molecular flexibility index (Phi) is 4.99. The molecule has 3 aromatic heterocycles. The molecule has 10 heteroatoms. The van der Waals surface area contributed by atoms with E-state index in [0.717, 1.165) is 27.9 Å². The number of tetrazole rings is 1. The molecule has 0 unspecified atom stereocenters. The lowest BCUT2D eigenvalue weighted by molar-refractivity contribution is 0.881. The lowest BCUT2D eigenvalue weighted by Crippen LogP contribution is -1.94. The van der Waals surface area contributed by atoms with Gasteiger partial charge in [0, 0.05) is 29.2 Å². The number of hydrogen-bond acceptors (Lipinski definition) is 9. The van der Waals surface area contributed by atoms with Gasteiger partial charge in [-0.05, 0) is 41.6 Å². The Morgan fingerprint density at radius 2 is 1.96 bits per heavy atom. The molecule has 0 fully saturated rings. The van der Waals surface area contributed by atoms with Crippen LogP contribution in [0.3, 0.4) is 0 Å². The molecular formula is C18H13N9S. The molecule has 9 nitrogen and oxygen atoms in total. The minimum absolute atomic E-state index is 0.237. The zero-order chi connectivity index (χ0) is 19.2. The number of rotatable bonds is 6. The first-order valence-electron chi connectivity index (χ1n) is 8.16. The molecule has 0 saturated carbocycles. The van der Waals surface area contributed by atoms with Gasteiger partial charge in [0.2, 0.25) is 5.82 Å². The minimum atomic E-state index is 0.237. The fourth-order valence-corrected chi connectivity index (χ4v) is 3.04. The minimum Gasteiger partial charge on any atom is -0.360 e. The van der Waals surface area contributed by atoms with Gasteiger partial charge < -0.3 is 10.6 Å². The van der Waals surface area contributed by atoms with Crippen molar-refractivity contribution in [3.63, 3.8) is 0 Å². The van der Waals surface area contributed by atoms with Crippen LogP contribution in [0, 0.1) is 11.3 Å². The van der Waals surface area contributed by atoms with Crippen molar-refractivity contribution in [3.05, 3.63) is 66.1 Å². The van der Waals surface area contributed by atoms with Crippen molar-refractivity contribution in [1.29, 1.82) is 5.26 Å². The number of nitrogens with one attached hydrogen (secondary N) is 3. The summed E-state index contributed by atoms with van der Waals surface area (Å²) in [6.07, 6.45) is 3.28. The normalized spacial score (nSPS) is 11.0. The summed E-state index contributed by atoms with van der Waals surface area (Å²) in [5, 5.41) is 31.6. The highest BCUT2D eigenvalue weighted by Crippen LogP contribution is 2.26. The van der Waals surface area contributed by atoms with Crippen molar-refractivity contribution in [2.75, 3.05) is 10.6 Å². The molecule has 1 aromatic carbocycles. The lowest BCUT2D eigenvalue weighted by atomic mass is 10.2. The van der Waals surface area contributed by atoms with Crippen LogP contribution in [0.1, 0.15) is 5.82 Å². The number of nitrogens with zero attached hydrogens (tertiary/aromatic N) is 6. The van der Waals surface area contributed by atoms with Crippen molar-refractivity contribution < 1.29 is 0 Å². The number of pyridine rings is 1. The third-order valence-corrected chi connectivity index (χ3v) is 4.42. The molecule has 0 spiro atoms. The molecular weight excluding hydrogens is 374 g/mol. The van der Waals surface area contributed by atoms with E-state index in [2.05, 4.69) is 41.2 Å². The van der Waals surface area contributed by atoms with E-state index in [1.807, 2.05) is 53.9 Å². The Bertz CT molecular complexity index is 1110. The van der Waals surface area contributed by atoms with Crippen LogP contribution in [0.2, 0.25) is 0 Å². The number of anilines is 3. The van der Waals surface area contributed by atoms with Gasteiger partial charge in [0.25, 0.3) is 0 Å². The van der Waals surface area contributed by atoms with Gasteiger partial charge in [0.15, 0.2) is 5.13 Å². The molecule has 28 heavy (non-hydrogen) atoms. The predicted molar refractivity (Wildman–Crippen MR) is 106 cm³/mol. The highest BCUT2D eigenvalue weighted by molar-refractivity contribution is 7.14. The number of aromatic nitrogens is 6. The van der Waals surface area contributed by atoms with Gasteiger partial charge in [-0.25, -0.2) is 4.98 Å². The maximum atomic E-state index is 9.17. The maximum Gasteiger partial charge on any atom is 0.216 e. The zero-order valence-electron chi connectivity index (χ0n) is 14.4. The number of nitriles is 1. The molecule has 0 atom stereocenters. The molecule has 4 rings (SSSR count). The van der Waals surface area contributed by atoms with Crippen molar-refractivity contribution in [3.8, 4) is 17.5 Å². The van der Waals surface area contributed by atoms with Crippen LogP contribution in [0.5, 0.6) is 0 Å². The number of aromatic amines is 1. The Morgan fingerprint density at radius 1 is 1.11 bits per heavy atom. The lowest BCUT2D eigenvalue weighted by Gasteiger charge is -2.05. The van der Waals surface area contributed by atoms with Crippen molar-refractivity contribution in [2.24, 2.45) is 0 Å². The third kappa shape index (κ3) is 4.00. The van der Waals surface area contributed by atoms with Gasteiger partial charge in [-0.1, -0.05) is 6.07 Å². The van der Waals surface area contributed by atoms with E-state index in [-0.39, 0.29) is 11.4 Å². The average Bonchev–Trinajstić information content (AvgIpc) is 3.43. The summed E-state index contributed by atoms with van der Waals surface area (Å²) < 4.78 is 0. The van der Waals surface area contributed by atoms with Crippen LogP contribution in [-0.2, 0) is 0 Å². The molecule has 3 N–H and O–H groups in total. The van der Waals surface area contributed by atoms with Crippen LogP contribution < -0.4 is 10.6 Å². The van der Waals surface area contributed by atoms with Crippen LogP contribution in [0.25, 0.3) is 17.0 Å². The fourth-order valence-electron chi connectivity index (χ4n) is 2.31. The first-order valence-corrected chi connectivity index (χ1v) is 9.04. The molecule has 3 heterocycles. The molecule has 0 saturated heterocycles. The largest absolute Gasteiger partial charge is 0.360 e. The summed E-state index contributed by atoms with van der Waals surface area (Å²) in [7, 11) is 0. The average molecular weight is 387 g/mol. The second-order valence-corrected chi connectivity index (χ2v) is 6.36. The highest BCUT2D eigenvalue weighted by Gasteiger charge is 2.07. The van der Waals surface area contributed by atoms with Gasteiger partial charge in [-0.3, -0.25) is 4.98 Å². The number of allylic oxidation sites excluding steroid dienone is 1. The Balaban J connectivity index is 1.41. The molecule has 4 aromatic rings. The van der Waals surface area contributed by atoms with Gasteiger partial charge in [0.1, 0.15) is 17.3 Å². The SMILES string of the molecule is N#CC(=CNc1ccc(Nc2nc(-c3ccccn3)cs2)cc1)c1nn[nH]n1. The van der Waals surface area contributed by atoms with Crippen molar-refractivity contribution in [2.45, 2.75) is 0 Å². The molecule has 0 aliphatic carbocycles. The van der Waals surface area contributed by atoms with E-state index in [1.54, 1.807) is 6.20 Å². The van der Waals surface area contributed by atoms with E-state index >= 15 is 0 Å². The zero-order valence-corrected chi connectivity index (χ0v) is 15.2. The van der Waals surface area contributed by atoms with Gasteiger partial charge in [-0.2, -0.15) is 10.5 Å². The predicted octanol–water partition coefficient (Wildman–Crippen LogP) is 3.44. The van der Waals surface area contributed by atoms with Crippen LogP contribution in [0.4, 0.5) is 16.5 Å². The van der Waals surface area contributed by atoms with Gasteiger partial charge >= 0.3 is 0 Å². The molecule has 0 radical (unpaired) electrons. The van der Waals surface area contributed by atoms with E-state index in [1.165, 1.54) is 17.5 Å². The number of benzene rings is 1. The fraction of sp³-hybridized carbons (Fsp3) is 0. The Morgan fingerprint density at radius 3 is 2.68 bits per heavy atom. The smallest absolute Gasteiger partial charge is 0.216 e. The highest BCUT2D eigenvalue weighted by atomic mass is 32.1. The van der Waals surface area contributed by atoms with Crippen LogP contribution in [-0.4, -0.2) is 30.6 Å². The van der Waals surface area contributed by atoms with Crippen molar-refractivity contribution >= 4 is 33.4 Å². The standard InChI is InChI=1S/C18H13N9S/c19-9-12(17-24-26-27-25-17)10-21-13-4-6-14(7-5-13)22-18-23-16(11-28-18)15-3-1-2-8-20-15/h1-8,10-11,21H,(H,22,23)(H,24,25,26,27). The van der Waals surface area contributed by atoms with Crippen LogP contribution >= 0.6 is 11.3 Å². The Labute approximate surface area is 163 Å². The van der Waals surface area contributed by atoms with Gasteiger partial charge in [-0.15, -0.1) is 21.5 Å². The summed E-state index contributed by atoms with van der Waals surface area (Å²) in [5.74, 6) is 0.237. The number of hydrogen-bond donors (Lipinski definition) is 3. The van der Waals surface area contributed by atoms with Crippen molar-refractivity contribution in [1.82, 2.24) is 30.6 Å². The van der Waals surface area contributed by atoms with Gasteiger partial charge in [0.05, 0.1) is 5.69 Å². The molecule has 136 valence electrons. The monoisotopic (exact) mass is 387 g/mol. The molecule has 0 amide bonds. The Hall–Kier alpha value is -4.10. The number of thiazole rings is 1. The molecule has 0 bridgehead atoms. The van der Waals surface area contributed by atoms with E-state index in [9.17, 15) is 0 Å². The molecule has 0 aliphatic rings. The first-order chi connectivity index (χ1) is 13.8. The second-order valence-electron chi connectivity index (χ2n) is 5.50. The second kappa shape index (κ2) is 8.07. The van der Waals surface area contributed by atoms with Crippen LogP contribution in [0.15, 0.2) is 60.2 Å². The molecule has 0 aliphatic heterocycles. The van der Waals surface area contributed by atoms with E-state index in [0.29, 0.717) is 0 Å². The summed E-state index contributed by atoms with van der Waals surface area (Å²) in [5.41, 5.74) is 3.67. The third-order valence-electron chi connectivity index (χ3n) is 3.66. The first kappa shape index (κ1) is 17.3. The summed E-state index contributed by atoms with van der Waals surface area (Å²) in [6, 6.07) is 15.4. The maximum absolute atomic E-state index is 9.17. The summed E-state index contributed by atoms with van der Waals surface area (Å²) >= 11 is 1.51. The summed E-state index contributed by atoms with van der Waals surface area (Å²) in [4.78, 5) is 8.86. The topological polar surface area (TPSA) is 128 Å². The van der Waals surface area contributed by atoms with E-state index in [4.69, 9.17) is 5.26 Å². The quantitative estimate of drug-likeness (QED) is 0.429. The summed E-state index contributed by atoms with van der Waals surface area (Å²) in [6.45, 7) is 0. The number of H-pyrrole nitrogens is 1.